The van der Waals surface area contributed by atoms with Crippen molar-refractivity contribution in [3.63, 3.8) is 0 Å². The van der Waals surface area contributed by atoms with Crippen molar-refractivity contribution >= 4 is 37.7 Å². The number of halogens is 2. The first kappa shape index (κ1) is 26.3. The molecular formula is C25H20F2N4O6S2. The zero-order valence-corrected chi connectivity index (χ0v) is 22.3. The highest BCUT2D eigenvalue weighted by molar-refractivity contribution is 7.93. The van der Waals surface area contributed by atoms with Crippen LogP contribution in [0.1, 0.15) is 11.3 Å². The van der Waals surface area contributed by atoms with Crippen LogP contribution >= 0.6 is 11.5 Å². The number of anilines is 1. The van der Waals surface area contributed by atoms with Crippen LogP contribution in [0.3, 0.4) is 0 Å². The summed E-state index contributed by atoms with van der Waals surface area (Å²) in [4.78, 5) is 3.08. The van der Waals surface area contributed by atoms with E-state index in [0.29, 0.717) is 45.9 Å². The van der Waals surface area contributed by atoms with E-state index in [2.05, 4.69) is 14.5 Å². The van der Waals surface area contributed by atoms with Crippen molar-refractivity contribution in [2.45, 2.75) is 18.4 Å². The molecule has 0 radical (unpaired) electrons. The van der Waals surface area contributed by atoms with Crippen molar-refractivity contribution in [1.82, 2.24) is 14.5 Å². The van der Waals surface area contributed by atoms with E-state index < -0.39 is 32.3 Å². The van der Waals surface area contributed by atoms with Gasteiger partial charge in [-0.3, -0.25) is 0 Å². The largest absolute Gasteiger partial charge is 0.497 e. The fourth-order valence-electron chi connectivity index (χ4n) is 3.80. The third kappa shape index (κ3) is 5.07. The van der Waals surface area contributed by atoms with Crippen LogP contribution in [0.15, 0.2) is 64.3 Å². The Morgan fingerprint density at radius 1 is 0.974 bits per heavy atom. The molecule has 3 aromatic carbocycles. The first-order chi connectivity index (χ1) is 18.7. The molecule has 0 unspecified atom stereocenters. The number of fused-ring (bicyclic) bond motifs is 1. The summed E-state index contributed by atoms with van der Waals surface area (Å²) in [6.45, 7) is 1.42. The second kappa shape index (κ2) is 10.5. The zero-order chi connectivity index (χ0) is 27.7. The average Bonchev–Trinajstić information content (AvgIpc) is 3.59. The summed E-state index contributed by atoms with van der Waals surface area (Å²) in [6, 6.07) is 10.7. The molecule has 5 aromatic rings. The van der Waals surface area contributed by atoms with Gasteiger partial charge < -0.3 is 18.7 Å². The lowest BCUT2D eigenvalue weighted by Crippen LogP contribution is -2.31. The molecule has 0 saturated heterocycles. The van der Waals surface area contributed by atoms with Gasteiger partial charge in [-0.1, -0.05) is 5.16 Å². The maximum atomic E-state index is 15.3. The minimum Gasteiger partial charge on any atom is -0.497 e. The van der Waals surface area contributed by atoms with Gasteiger partial charge in [0.25, 0.3) is 10.0 Å². The van der Waals surface area contributed by atoms with E-state index >= 15 is 8.78 Å². The first-order valence-electron chi connectivity index (χ1n) is 11.2. The molecule has 0 fully saturated rings. The van der Waals surface area contributed by atoms with Crippen molar-refractivity contribution < 1.29 is 35.9 Å². The summed E-state index contributed by atoms with van der Waals surface area (Å²) in [6.07, 6.45) is 1.16. The third-order valence-electron chi connectivity index (χ3n) is 5.78. The van der Waals surface area contributed by atoms with E-state index in [1.54, 1.807) is 37.3 Å². The number of methoxy groups -OCH3 is 2. The minimum absolute atomic E-state index is 0.0506. The number of benzene rings is 3. The fourth-order valence-corrected chi connectivity index (χ4v) is 5.99. The Kier molecular flexibility index (Phi) is 7.06. The second-order valence-corrected chi connectivity index (χ2v) is 10.7. The molecule has 10 nitrogen and oxygen atoms in total. The van der Waals surface area contributed by atoms with Crippen LogP contribution in [-0.4, -0.2) is 37.2 Å². The number of ether oxygens (including phenoxy) is 3. The van der Waals surface area contributed by atoms with Crippen molar-refractivity contribution in [1.29, 1.82) is 0 Å². The predicted octanol–water partition coefficient (Wildman–Crippen LogP) is 5.47. The van der Waals surface area contributed by atoms with Crippen LogP contribution in [0.25, 0.3) is 11.0 Å². The van der Waals surface area contributed by atoms with E-state index in [9.17, 15) is 8.42 Å². The van der Waals surface area contributed by atoms with Gasteiger partial charge in [0, 0.05) is 40.7 Å². The van der Waals surface area contributed by atoms with Crippen molar-refractivity contribution in [2.24, 2.45) is 0 Å². The molecule has 0 spiro atoms. The number of sulfonamides is 1. The van der Waals surface area contributed by atoms with Crippen LogP contribution in [-0.2, 0) is 16.6 Å². The van der Waals surface area contributed by atoms with E-state index in [0.717, 1.165) is 22.2 Å². The highest BCUT2D eigenvalue weighted by Gasteiger charge is 2.32. The molecule has 0 atom stereocenters. The van der Waals surface area contributed by atoms with Crippen molar-refractivity contribution in [2.75, 3.05) is 18.5 Å². The van der Waals surface area contributed by atoms with Crippen LogP contribution < -0.4 is 18.5 Å². The Bertz CT molecular complexity index is 1760. The maximum absolute atomic E-state index is 15.3. The molecule has 5 rings (SSSR count). The highest BCUT2D eigenvalue weighted by Crippen LogP contribution is 2.35. The molecule has 0 aliphatic carbocycles. The van der Waals surface area contributed by atoms with Crippen LogP contribution in [0.2, 0.25) is 0 Å². The number of aromatic nitrogens is 3. The minimum atomic E-state index is -4.67. The summed E-state index contributed by atoms with van der Waals surface area (Å²) in [5, 5.41) is 4.43. The van der Waals surface area contributed by atoms with E-state index in [1.807, 2.05) is 0 Å². The Morgan fingerprint density at radius 2 is 1.77 bits per heavy atom. The van der Waals surface area contributed by atoms with Gasteiger partial charge in [0.2, 0.25) is 5.13 Å². The quantitative estimate of drug-likeness (QED) is 0.226. The van der Waals surface area contributed by atoms with Gasteiger partial charge in [0.1, 0.15) is 34.3 Å². The van der Waals surface area contributed by atoms with Gasteiger partial charge in [-0.15, -0.1) is 0 Å². The Balaban J connectivity index is 1.51. The van der Waals surface area contributed by atoms with E-state index in [4.69, 9.17) is 18.7 Å². The third-order valence-corrected chi connectivity index (χ3v) is 8.33. The lowest BCUT2D eigenvalue weighted by Gasteiger charge is -2.23. The summed E-state index contributed by atoms with van der Waals surface area (Å²) in [7, 11) is -1.78. The fraction of sp³-hybridized carbons (Fsp3) is 0.160. The lowest BCUT2D eigenvalue weighted by molar-refractivity contribution is 0.391. The van der Waals surface area contributed by atoms with Gasteiger partial charge >= 0.3 is 0 Å². The average molecular weight is 575 g/mol. The molecule has 14 heteroatoms. The van der Waals surface area contributed by atoms with Crippen LogP contribution in [0.5, 0.6) is 23.0 Å². The van der Waals surface area contributed by atoms with Gasteiger partial charge in [-0.25, -0.2) is 26.5 Å². The predicted molar refractivity (Wildman–Crippen MR) is 138 cm³/mol. The van der Waals surface area contributed by atoms with E-state index in [-0.39, 0.29) is 17.4 Å². The van der Waals surface area contributed by atoms with Crippen molar-refractivity contribution in [3.05, 3.63) is 77.8 Å². The standard InChI is InChI=1S/C25H20F2N4O6S2/c1-14-18-8-17(6-7-21(18)37-30-14)36-23-10-20(27)24(11-19(23)26)39(32,33)31(25-28-13-29-38-25)12-15-4-5-16(34-2)9-22(15)35-3/h4-11,13H,12H2,1-3H3. The number of aryl methyl sites for hydroxylation is 1. The smallest absolute Gasteiger partial charge is 0.269 e. The highest BCUT2D eigenvalue weighted by atomic mass is 32.2. The summed E-state index contributed by atoms with van der Waals surface area (Å²) in [5.74, 6) is -1.80. The maximum Gasteiger partial charge on any atom is 0.269 e. The number of rotatable bonds is 9. The molecule has 2 heterocycles. The van der Waals surface area contributed by atoms with E-state index in [1.165, 1.54) is 20.3 Å². The summed E-state index contributed by atoms with van der Waals surface area (Å²) < 4.78 is 83.8. The Labute approximate surface area is 225 Å². The molecule has 0 saturated carbocycles. The second-order valence-electron chi connectivity index (χ2n) is 8.15. The molecule has 0 N–H and O–H groups in total. The van der Waals surface area contributed by atoms with Gasteiger partial charge in [0.05, 0.1) is 26.5 Å². The molecule has 2 aromatic heterocycles. The Morgan fingerprint density at radius 3 is 2.49 bits per heavy atom. The van der Waals surface area contributed by atoms with Gasteiger partial charge in [0.15, 0.2) is 17.1 Å². The molecule has 0 aliphatic rings. The topological polar surface area (TPSA) is 117 Å². The molecular weight excluding hydrogens is 554 g/mol. The molecule has 39 heavy (non-hydrogen) atoms. The van der Waals surface area contributed by atoms with Crippen molar-refractivity contribution in [3.8, 4) is 23.0 Å². The summed E-state index contributed by atoms with van der Waals surface area (Å²) in [5.41, 5.74) is 1.52. The number of hydrogen-bond acceptors (Lipinski definition) is 10. The number of nitrogens with zero attached hydrogens (tertiary/aromatic N) is 4. The van der Waals surface area contributed by atoms with Gasteiger partial charge in [-0.05, 0) is 37.3 Å². The van der Waals surface area contributed by atoms with Gasteiger partial charge in [-0.2, -0.15) is 4.37 Å². The summed E-state index contributed by atoms with van der Waals surface area (Å²) >= 11 is 0.777. The molecule has 0 bridgehead atoms. The monoisotopic (exact) mass is 574 g/mol. The number of hydrogen-bond donors (Lipinski definition) is 0. The zero-order valence-electron chi connectivity index (χ0n) is 20.7. The molecule has 0 amide bonds. The Hall–Kier alpha value is -4.30. The normalized spacial score (nSPS) is 11.5. The van der Waals surface area contributed by atoms with Crippen LogP contribution in [0.4, 0.5) is 13.9 Å². The van der Waals surface area contributed by atoms with Crippen LogP contribution in [0, 0.1) is 18.6 Å². The molecule has 0 aliphatic heterocycles. The SMILES string of the molecule is COc1ccc(CN(c2ncns2)S(=O)(=O)c2cc(F)c(Oc3ccc4onc(C)c4c3)cc2F)c(OC)c1. The first-order valence-corrected chi connectivity index (χ1v) is 13.5. The lowest BCUT2D eigenvalue weighted by atomic mass is 10.2. The molecule has 202 valence electrons.